The average Bonchev–Trinajstić information content (AvgIpc) is 2.31. The third-order valence-electron chi connectivity index (χ3n) is 4.80. The Kier molecular flexibility index (Phi) is 3.54. The van der Waals surface area contributed by atoms with E-state index in [0.717, 1.165) is 31.1 Å². The highest BCUT2D eigenvalue weighted by Crippen LogP contribution is 2.57. The molecule has 1 spiro atoms. The van der Waals surface area contributed by atoms with Crippen LogP contribution in [-0.2, 0) is 11.3 Å². The van der Waals surface area contributed by atoms with Gasteiger partial charge in [0.2, 0.25) is 0 Å². The zero-order valence-electron chi connectivity index (χ0n) is 11.9. The Morgan fingerprint density at radius 3 is 2.95 bits per heavy atom. The first kappa shape index (κ1) is 13.0. The molecule has 0 aromatic carbocycles. The van der Waals surface area contributed by atoms with Crippen LogP contribution in [0.15, 0.2) is 12.3 Å². The van der Waals surface area contributed by atoms with Gasteiger partial charge in [-0.2, -0.15) is 0 Å². The molecule has 1 aromatic heterocycles. The van der Waals surface area contributed by atoms with Crippen LogP contribution in [0.3, 0.4) is 0 Å². The van der Waals surface area contributed by atoms with Crippen LogP contribution in [0.5, 0.6) is 0 Å². The molecule has 2 fully saturated rings. The molecule has 1 N–H and O–H groups in total. The second-order valence-electron chi connectivity index (χ2n) is 5.80. The first-order valence-corrected chi connectivity index (χ1v) is 7.38. The lowest BCUT2D eigenvalue weighted by atomic mass is 9.51. The van der Waals surface area contributed by atoms with Crippen molar-refractivity contribution in [2.45, 2.75) is 58.2 Å². The highest BCUT2D eigenvalue weighted by Gasteiger charge is 2.58. The third kappa shape index (κ3) is 2.28. The van der Waals surface area contributed by atoms with Crippen LogP contribution in [0.25, 0.3) is 0 Å². The molecule has 4 heteroatoms. The first-order valence-electron chi connectivity index (χ1n) is 7.38. The molecule has 1 heterocycles. The molecule has 2 saturated carbocycles. The molecule has 19 heavy (non-hydrogen) atoms. The molecule has 0 amide bonds. The van der Waals surface area contributed by atoms with Crippen molar-refractivity contribution in [2.24, 2.45) is 5.41 Å². The van der Waals surface area contributed by atoms with Gasteiger partial charge in [-0.1, -0.05) is 6.42 Å². The summed E-state index contributed by atoms with van der Waals surface area (Å²) in [5.41, 5.74) is 1.51. The van der Waals surface area contributed by atoms with E-state index < -0.39 is 0 Å². The Hall–Kier alpha value is -1.00. The average molecular weight is 261 g/mol. The summed E-state index contributed by atoms with van der Waals surface area (Å²) in [5.74, 6) is 0.846. The van der Waals surface area contributed by atoms with E-state index in [1.54, 1.807) is 0 Å². The number of rotatable bonds is 5. The lowest BCUT2D eigenvalue weighted by Gasteiger charge is -2.61. The Morgan fingerprint density at radius 2 is 2.32 bits per heavy atom. The van der Waals surface area contributed by atoms with Crippen LogP contribution < -0.4 is 5.32 Å². The van der Waals surface area contributed by atoms with E-state index in [9.17, 15) is 0 Å². The minimum atomic E-state index is 0.429. The molecule has 0 radical (unpaired) electrons. The predicted octanol–water partition coefficient (Wildman–Crippen LogP) is 2.22. The predicted molar refractivity (Wildman–Crippen MR) is 73.7 cm³/mol. The van der Waals surface area contributed by atoms with E-state index in [1.807, 2.05) is 19.2 Å². The van der Waals surface area contributed by atoms with Gasteiger partial charge >= 0.3 is 0 Å². The van der Waals surface area contributed by atoms with E-state index in [2.05, 4.69) is 22.2 Å². The molecule has 0 saturated heterocycles. The second kappa shape index (κ2) is 5.17. The van der Waals surface area contributed by atoms with Crippen LogP contribution in [-0.4, -0.2) is 28.7 Å². The quantitative estimate of drug-likeness (QED) is 0.883. The molecule has 0 aliphatic heterocycles. The smallest absolute Gasteiger partial charge is 0.125 e. The van der Waals surface area contributed by atoms with E-state index in [-0.39, 0.29) is 0 Å². The number of ether oxygens (including phenoxy) is 1. The first-order chi connectivity index (χ1) is 9.24. The van der Waals surface area contributed by atoms with E-state index in [1.165, 1.54) is 19.3 Å². The van der Waals surface area contributed by atoms with Gasteiger partial charge in [-0.05, 0) is 39.2 Å². The number of aryl methyl sites for hydroxylation is 1. The topological polar surface area (TPSA) is 47.0 Å². The Morgan fingerprint density at radius 1 is 1.47 bits per heavy atom. The van der Waals surface area contributed by atoms with Crippen LogP contribution in [0, 0.1) is 12.3 Å². The van der Waals surface area contributed by atoms with E-state index in [0.29, 0.717) is 17.6 Å². The molecule has 3 rings (SSSR count). The van der Waals surface area contributed by atoms with Gasteiger partial charge in [0.05, 0.1) is 11.8 Å². The highest BCUT2D eigenvalue weighted by atomic mass is 16.5. The molecule has 1 aromatic rings. The summed E-state index contributed by atoms with van der Waals surface area (Å²) in [6.45, 7) is 5.71. The SMILES string of the molecule is CCOC1CC(NCc2ccnc(C)n2)C12CCC2. The maximum absolute atomic E-state index is 5.87. The van der Waals surface area contributed by atoms with Crippen molar-refractivity contribution >= 4 is 0 Å². The summed E-state index contributed by atoms with van der Waals surface area (Å²) in [5, 5.41) is 3.67. The van der Waals surface area contributed by atoms with Gasteiger partial charge in [0, 0.05) is 30.8 Å². The summed E-state index contributed by atoms with van der Waals surface area (Å²) in [6, 6.07) is 2.60. The number of hydrogen-bond donors (Lipinski definition) is 1. The lowest BCUT2D eigenvalue weighted by Crippen LogP contribution is -2.66. The van der Waals surface area contributed by atoms with Gasteiger partial charge in [0.1, 0.15) is 5.82 Å². The fourth-order valence-corrected chi connectivity index (χ4v) is 3.56. The minimum Gasteiger partial charge on any atom is -0.378 e. The fourth-order valence-electron chi connectivity index (χ4n) is 3.56. The third-order valence-corrected chi connectivity index (χ3v) is 4.80. The number of nitrogens with one attached hydrogen (secondary N) is 1. The summed E-state index contributed by atoms with van der Waals surface area (Å²) < 4.78 is 5.87. The molecule has 2 aliphatic carbocycles. The van der Waals surface area contributed by atoms with Crippen molar-refractivity contribution < 1.29 is 4.74 Å². The van der Waals surface area contributed by atoms with Gasteiger partial charge < -0.3 is 10.1 Å². The van der Waals surface area contributed by atoms with Crippen molar-refractivity contribution in [1.29, 1.82) is 0 Å². The van der Waals surface area contributed by atoms with Crippen molar-refractivity contribution in [3.8, 4) is 0 Å². The maximum Gasteiger partial charge on any atom is 0.125 e. The maximum atomic E-state index is 5.87. The number of aromatic nitrogens is 2. The molecule has 2 unspecified atom stereocenters. The van der Waals surface area contributed by atoms with Gasteiger partial charge in [0.15, 0.2) is 0 Å². The zero-order chi connectivity index (χ0) is 13.3. The van der Waals surface area contributed by atoms with Gasteiger partial charge in [0.25, 0.3) is 0 Å². The molecular weight excluding hydrogens is 238 g/mol. The zero-order valence-corrected chi connectivity index (χ0v) is 11.9. The summed E-state index contributed by atoms with van der Waals surface area (Å²) in [6.07, 6.45) is 7.46. The molecule has 0 bridgehead atoms. The molecular formula is C15H23N3O. The number of hydrogen-bond acceptors (Lipinski definition) is 4. The highest BCUT2D eigenvalue weighted by molar-refractivity contribution is 5.13. The lowest BCUT2D eigenvalue weighted by molar-refractivity contribution is -0.173. The Balaban J connectivity index is 1.57. The normalized spacial score (nSPS) is 27.9. The number of nitrogens with zero attached hydrogens (tertiary/aromatic N) is 2. The van der Waals surface area contributed by atoms with Gasteiger partial charge in [-0.25, -0.2) is 9.97 Å². The fraction of sp³-hybridized carbons (Fsp3) is 0.733. The van der Waals surface area contributed by atoms with Gasteiger partial charge in [-0.15, -0.1) is 0 Å². The van der Waals surface area contributed by atoms with E-state index >= 15 is 0 Å². The van der Waals surface area contributed by atoms with Crippen molar-refractivity contribution in [3.63, 3.8) is 0 Å². The van der Waals surface area contributed by atoms with Crippen molar-refractivity contribution in [1.82, 2.24) is 15.3 Å². The second-order valence-corrected chi connectivity index (χ2v) is 5.80. The Labute approximate surface area is 115 Å². The van der Waals surface area contributed by atoms with Crippen LogP contribution in [0.2, 0.25) is 0 Å². The minimum absolute atomic E-state index is 0.429. The van der Waals surface area contributed by atoms with E-state index in [4.69, 9.17) is 4.74 Å². The summed E-state index contributed by atoms with van der Waals surface area (Å²) >= 11 is 0. The molecule has 4 nitrogen and oxygen atoms in total. The van der Waals surface area contributed by atoms with Crippen LogP contribution in [0.1, 0.15) is 44.1 Å². The molecule has 2 aliphatic rings. The summed E-state index contributed by atoms with van der Waals surface area (Å²) in [7, 11) is 0. The van der Waals surface area contributed by atoms with Crippen molar-refractivity contribution in [2.75, 3.05) is 6.61 Å². The summed E-state index contributed by atoms with van der Waals surface area (Å²) in [4.78, 5) is 8.58. The largest absolute Gasteiger partial charge is 0.378 e. The van der Waals surface area contributed by atoms with Crippen LogP contribution in [0.4, 0.5) is 0 Å². The van der Waals surface area contributed by atoms with Gasteiger partial charge in [-0.3, -0.25) is 0 Å². The monoisotopic (exact) mass is 261 g/mol. The molecule has 2 atom stereocenters. The Bertz CT molecular complexity index is 445. The standard InChI is InChI=1S/C15H23N3O/c1-3-19-14-9-13(15(14)6-4-7-15)17-10-12-5-8-16-11(2)18-12/h5,8,13-14,17H,3-4,6-7,9-10H2,1-2H3. The van der Waals surface area contributed by atoms with Crippen LogP contribution >= 0.6 is 0 Å². The van der Waals surface area contributed by atoms with Crippen molar-refractivity contribution in [3.05, 3.63) is 23.8 Å². The molecule has 104 valence electrons.